The molecule has 0 spiro atoms. The van der Waals surface area contributed by atoms with Crippen LogP contribution in [0.15, 0.2) is 22.8 Å². The summed E-state index contributed by atoms with van der Waals surface area (Å²) in [7, 11) is 0. The van der Waals surface area contributed by atoms with Gasteiger partial charge in [0.2, 0.25) is 11.8 Å². The Balaban J connectivity index is 1.78. The molecule has 2 amide bonds. The van der Waals surface area contributed by atoms with Crippen LogP contribution >= 0.6 is 0 Å². The van der Waals surface area contributed by atoms with E-state index in [2.05, 4.69) is 4.90 Å². The van der Waals surface area contributed by atoms with Gasteiger partial charge < -0.3 is 20.8 Å². The molecule has 0 aromatic carbocycles. The van der Waals surface area contributed by atoms with Crippen LogP contribution in [0.2, 0.25) is 0 Å². The van der Waals surface area contributed by atoms with Crippen molar-refractivity contribution in [3.63, 3.8) is 0 Å². The average Bonchev–Trinajstić information content (AvgIpc) is 2.91. The lowest BCUT2D eigenvalue weighted by molar-refractivity contribution is -0.136. The van der Waals surface area contributed by atoms with E-state index < -0.39 is 11.9 Å². The van der Waals surface area contributed by atoms with Gasteiger partial charge in [0.1, 0.15) is 5.76 Å². The summed E-state index contributed by atoms with van der Waals surface area (Å²) >= 11 is 0. The molecule has 1 unspecified atom stereocenters. The highest BCUT2D eigenvalue weighted by Crippen LogP contribution is 2.10. The minimum absolute atomic E-state index is 0.106. The summed E-state index contributed by atoms with van der Waals surface area (Å²) in [6.45, 7) is 3.46. The molecule has 1 aromatic heterocycles. The predicted octanol–water partition coefficient (Wildman–Crippen LogP) is -0.873. The van der Waals surface area contributed by atoms with Crippen LogP contribution in [-0.4, -0.2) is 53.8 Å². The van der Waals surface area contributed by atoms with Gasteiger partial charge >= 0.3 is 0 Å². The lowest BCUT2D eigenvalue weighted by Crippen LogP contribution is -2.53. The van der Waals surface area contributed by atoms with E-state index in [0.717, 1.165) is 25.4 Å². The molecule has 0 aliphatic carbocycles. The number of nitrogens with two attached hydrogens (primary N) is 2. The summed E-state index contributed by atoms with van der Waals surface area (Å²) in [5.74, 6) is 0.152. The molecule has 0 radical (unpaired) electrons. The maximum absolute atomic E-state index is 12.0. The predicted molar refractivity (Wildman–Crippen MR) is 72.4 cm³/mol. The van der Waals surface area contributed by atoms with E-state index in [1.165, 1.54) is 0 Å². The Morgan fingerprint density at radius 3 is 2.55 bits per heavy atom. The van der Waals surface area contributed by atoms with E-state index in [4.69, 9.17) is 15.9 Å². The van der Waals surface area contributed by atoms with Crippen LogP contribution in [0.3, 0.4) is 0 Å². The summed E-state index contributed by atoms with van der Waals surface area (Å²) in [4.78, 5) is 26.7. The summed E-state index contributed by atoms with van der Waals surface area (Å²) in [5, 5.41) is 0. The minimum Gasteiger partial charge on any atom is -0.468 e. The first-order chi connectivity index (χ1) is 9.56. The Bertz CT molecular complexity index is 452. The maximum atomic E-state index is 12.0. The van der Waals surface area contributed by atoms with Crippen LogP contribution in [0.1, 0.15) is 12.2 Å². The second kappa shape index (κ2) is 6.53. The molecule has 0 saturated carbocycles. The van der Waals surface area contributed by atoms with E-state index in [1.54, 1.807) is 11.2 Å². The van der Waals surface area contributed by atoms with Crippen molar-refractivity contribution in [2.45, 2.75) is 19.0 Å². The Labute approximate surface area is 117 Å². The normalized spacial score (nSPS) is 17.9. The quantitative estimate of drug-likeness (QED) is 0.729. The third-order valence-electron chi connectivity index (χ3n) is 3.38. The summed E-state index contributed by atoms with van der Waals surface area (Å²) in [5.41, 5.74) is 10.7. The first kappa shape index (κ1) is 14.5. The standard InChI is InChI=1S/C13H20N4O3/c14-11(8-12(15)18)13(19)17-5-3-16(4-6-17)9-10-2-1-7-20-10/h1-2,7,11H,3-6,8-9,14H2,(H2,15,18). The van der Waals surface area contributed by atoms with E-state index in [-0.39, 0.29) is 12.3 Å². The van der Waals surface area contributed by atoms with Crippen molar-refractivity contribution in [3.8, 4) is 0 Å². The zero-order valence-corrected chi connectivity index (χ0v) is 11.3. The lowest BCUT2D eigenvalue weighted by Gasteiger charge is -2.35. The van der Waals surface area contributed by atoms with Crippen LogP contribution in [0.25, 0.3) is 0 Å². The topological polar surface area (TPSA) is 106 Å². The van der Waals surface area contributed by atoms with Crippen molar-refractivity contribution in [2.24, 2.45) is 11.5 Å². The molecule has 1 aliphatic heterocycles. The number of hydrogen-bond donors (Lipinski definition) is 2. The molecular weight excluding hydrogens is 260 g/mol. The van der Waals surface area contributed by atoms with Gasteiger partial charge in [-0.15, -0.1) is 0 Å². The number of furan rings is 1. The molecule has 1 aromatic rings. The maximum Gasteiger partial charge on any atom is 0.240 e. The zero-order chi connectivity index (χ0) is 14.5. The van der Waals surface area contributed by atoms with Gasteiger partial charge in [0, 0.05) is 26.2 Å². The summed E-state index contributed by atoms with van der Waals surface area (Å²) in [6, 6.07) is 2.96. The van der Waals surface area contributed by atoms with Crippen molar-refractivity contribution in [3.05, 3.63) is 24.2 Å². The van der Waals surface area contributed by atoms with Gasteiger partial charge in [0.15, 0.2) is 0 Å². The monoisotopic (exact) mass is 280 g/mol. The van der Waals surface area contributed by atoms with Crippen molar-refractivity contribution >= 4 is 11.8 Å². The van der Waals surface area contributed by atoms with Gasteiger partial charge in [-0.3, -0.25) is 14.5 Å². The Morgan fingerprint density at radius 1 is 1.30 bits per heavy atom. The SMILES string of the molecule is NC(=O)CC(N)C(=O)N1CCN(Cc2ccco2)CC1. The molecule has 2 rings (SSSR count). The molecule has 7 heteroatoms. The van der Waals surface area contributed by atoms with E-state index >= 15 is 0 Å². The fraction of sp³-hybridized carbons (Fsp3) is 0.538. The number of carbonyl (C=O) groups excluding carboxylic acids is 2. The second-order valence-electron chi connectivity index (χ2n) is 4.96. The number of nitrogens with zero attached hydrogens (tertiary/aromatic N) is 2. The molecule has 110 valence electrons. The third kappa shape index (κ3) is 3.82. The van der Waals surface area contributed by atoms with Gasteiger partial charge in [0.25, 0.3) is 0 Å². The molecule has 1 atom stereocenters. The van der Waals surface area contributed by atoms with Crippen molar-refractivity contribution in [2.75, 3.05) is 26.2 Å². The van der Waals surface area contributed by atoms with E-state index in [9.17, 15) is 9.59 Å². The first-order valence-corrected chi connectivity index (χ1v) is 6.63. The number of piperazine rings is 1. The van der Waals surface area contributed by atoms with E-state index in [0.29, 0.717) is 13.1 Å². The number of primary amides is 1. The molecule has 20 heavy (non-hydrogen) atoms. The van der Waals surface area contributed by atoms with Gasteiger partial charge in [-0.25, -0.2) is 0 Å². The van der Waals surface area contributed by atoms with Crippen LogP contribution in [0.4, 0.5) is 0 Å². The molecule has 7 nitrogen and oxygen atoms in total. The molecule has 1 aliphatic rings. The molecule has 0 bridgehead atoms. The highest BCUT2D eigenvalue weighted by atomic mass is 16.3. The molecule has 4 N–H and O–H groups in total. The van der Waals surface area contributed by atoms with Gasteiger partial charge in [-0.05, 0) is 12.1 Å². The molecule has 2 heterocycles. The van der Waals surface area contributed by atoms with Gasteiger partial charge in [-0.2, -0.15) is 0 Å². The van der Waals surface area contributed by atoms with Crippen molar-refractivity contribution < 1.29 is 14.0 Å². The molecular formula is C13H20N4O3. The summed E-state index contributed by atoms with van der Waals surface area (Å²) < 4.78 is 5.30. The smallest absolute Gasteiger partial charge is 0.240 e. The Kier molecular flexibility index (Phi) is 4.75. The van der Waals surface area contributed by atoms with Crippen LogP contribution < -0.4 is 11.5 Å². The number of rotatable bonds is 5. The second-order valence-corrected chi connectivity index (χ2v) is 4.96. The Morgan fingerprint density at radius 2 is 2.00 bits per heavy atom. The molecule has 1 fully saturated rings. The largest absolute Gasteiger partial charge is 0.468 e. The van der Waals surface area contributed by atoms with Crippen molar-refractivity contribution in [1.82, 2.24) is 9.80 Å². The average molecular weight is 280 g/mol. The number of amides is 2. The number of carbonyl (C=O) groups is 2. The van der Waals surface area contributed by atoms with Crippen LogP contribution in [-0.2, 0) is 16.1 Å². The summed E-state index contributed by atoms with van der Waals surface area (Å²) in [6.07, 6.45) is 1.55. The fourth-order valence-electron chi connectivity index (χ4n) is 2.29. The third-order valence-corrected chi connectivity index (χ3v) is 3.38. The van der Waals surface area contributed by atoms with Gasteiger partial charge in [-0.1, -0.05) is 0 Å². The van der Waals surface area contributed by atoms with Crippen LogP contribution in [0.5, 0.6) is 0 Å². The van der Waals surface area contributed by atoms with Crippen LogP contribution in [0, 0.1) is 0 Å². The zero-order valence-electron chi connectivity index (χ0n) is 11.3. The first-order valence-electron chi connectivity index (χ1n) is 6.63. The molecule has 1 saturated heterocycles. The fourth-order valence-corrected chi connectivity index (χ4v) is 2.29. The highest BCUT2D eigenvalue weighted by molar-refractivity contribution is 5.87. The number of hydrogen-bond acceptors (Lipinski definition) is 5. The van der Waals surface area contributed by atoms with Crippen molar-refractivity contribution in [1.29, 1.82) is 0 Å². The Hall–Kier alpha value is -1.86. The van der Waals surface area contributed by atoms with E-state index in [1.807, 2.05) is 12.1 Å². The van der Waals surface area contributed by atoms with Gasteiger partial charge in [0.05, 0.1) is 25.3 Å². The minimum atomic E-state index is -0.830. The lowest BCUT2D eigenvalue weighted by atomic mass is 10.1. The highest BCUT2D eigenvalue weighted by Gasteiger charge is 2.26.